The second-order valence-corrected chi connectivity index (χ2v) is 5.53. The second-order valence-electron chi connectivity index (χ2n) is 4.68. The number of ketones is 1. The van der Waals surface area contributed by atoms with Crippen LogP contribution in [0.5, 0.6) is 0 Å². The average Bonchev–Trinajstić information content (AvgIpc) is 2.44. The van der Waals surface area contributed by atoms with Gasteiger partial charge in [0.25, 0.3) is 0 Å². The van der Waals surface area contributed by atoms with Crippen LogP contribution in [0.4, 0.5) is 0 Å². The summed E-state index contributed by atoms with van der Waals surface area (Å²) in [5.74, 6) is 0.159. The number of halogens is 1. The van der Waals surface area contributed by atoms with Gasteiger partial charge in [0.15, 0.2) is 5.78 Å². The van der Waals surface area contributed by atoms with Gasteiger partial charge >= 0.3 is 0 Å². The summed E-state index contributed by atoms with van der Waals surface area (Å²) in [6.45, 7) is 0. The summed E-state index contributed by atoms with van der Waals surface area (Å²) in [5, 5.41) is 0. The molecule has 19 heavy (non-hydrogen) atoms. The molecule has 0 amide bonds. The number of carbonyl (C=O) groups excluding carboxylic acids is 1. The number of benzene rings is 2. The molecule has 0 fully saturated rings. The van der Waals surface area contributed by atoms with E-state index < -0.39 is 0 Å². The van der Waals surface area contributed by atoms with Crippen molar-refractivity contribution in [1.82, 2.24) is 0 Å². The number of carbonyl (C=O) groups is 1. The Morgan fingerprint density at radius 2 is 1.74 bits per heavy atom. The highest BCUT2D eigenvalue weighted by molar-refractivity contribution is 9.10. The highest BCUT2D eigenvalue weighted by Gasteiger charge is 2.22. The van der Waals surface area contributed by atoms with Crippen molar-refractivity contribution in [3.05, 3.63) is 75.3 Å². The average molecular weight is 313 g/mol. The Kier molecular flexibility index (Phi) is 3.34. The minimum absolute atomic E-state index is 0.159. The van der Waals surface area contributed by atoms with Gasteiger partial charge in [-0.25, -0.2) is 0 Å². The van der Waals surface area contributed by atoms with Crippen LogP contribution in [0.1, 0.15) is 27.9 Å². The molecule has 2 heteroatoms. The zero-order valence-electron chi connectivity index (χ0n) is 10.4. The van der Waals surface area contributed by atoms with Gasteiger partial charge in [0.2, 0.25) is 0 Å². The molecular formula is C17H13BrO. The molecule has 1 nitrogen and oxygen atoms in total. The topological polar surface area (TPSA) is 17.1 Å². The van der Waals surface area contributed by atoms with Gasteiger partial charge in [-0.2, -0.15) is 0 Å². The number of hydrogen-bond donors (Lipinski definition) is 0. The van der Waals surface area contributed by atoms with Crippen molar-refractivity contribution >= 4 is 27.8 Å². The first-order chi connectivity index (χ1) is 9.25. The van der Waals surface area contributed by atoms with E-state index in [0.717, 1.165) is 39.6 Å². The van der Waals surface area contributed by atoms with Gasteiger partial charge in [0, 0.05) is 15.6 Å². The Labute approximate surface area is 121 Å². The summed E-state index contributed by atoms with van der Waals surface area (Å²) < 4.78 is 1.04. The van der Waals surface area contributed by atoms with E-state index in [9.17, 15) is 4.79 Å². The summed E-state index contributed by atoms with van der Waals surface area (Å²) in [6.07, 6.45) is 3.73. The third-order valence-electron chi connectivity index (χ3n) is 3.44. The van der Waals surface area contributed by atoms with Gasteiger partial charge in [0.05, 0.1) is 0 Å². The summed E-state index contributed by atoms with van der Waals surface area (Å²) in [6, 6.07) is 15.9. The first kappa shape index (κ1) is 12.4. The van der Waals surface area contributed by atoms with Crippen molar-refractivity contribution < 1.29 is 4.79 Å². The number of rotatable bonds is 1. The van der Waals surface area contributed by atoms with Crippen molar-refractivity contribution in [1.29, 1.82) is 0 Å². The van der Waals surface area contributed by atoms with E-state index in [4.69, 9.17) is 0 Å². The number of hydrogen-bond acceptors (Lipinski definition) is 1. The Morgan fingerprint density at radius 1 is 0.947 bits per heavy atom. The van der Waals surface area contributed by atoms with E-state index in [1.807, 2.05) is 54.6 Å². The van der Waals surface area contributed by atoms with Gasteiger partial charge in [-0.05, 0) is 36.1 Å². The zero-order valence-corrected chi connectivity index (χ0v) is 12.0. The van der Waals surface area contributed by atoms with Crippen LogP contribution in [-0.4, -0.2) is 5.78 Å². The van der Waals surface area contributed by atoms with E-state index in [1.165, 1.54) is 0 Å². The minimum atomic E-state index is 0.159. The normalized spacial score (nSPS) is 16.5. The Balaban J connectivity index is 2.01. The largest absolute Gasteiger partial charge is 0.289 e. The first-order valence-corrected chi connectivity index (χ1v) is 7.13. The van der Waals surface area contributed by atoms with E-state index in [1.54, 1.807) is 0 Å². The lowest BCUT2D eigenvalue weighted by Crippen LogP contribution is -2.14. The Morgan fingerprint density at radius 3 is 2.53 bits per heavy atom. The molecule has 0 saturated carbocycles. The maximum absolute atomic E-state index is 12.5. The second kappa shape index (κ2) is 5.14. The smallest absolute Gasteiger partial charge is 0.189 e. The fourth-order valence-electron chi connectivity index (χ4n) is 2.46. The summed E-state index contributed by atoms with van der Waals surface area (Å²) in [5.41, 5.74) is 3.96. The number of Topliss-reactive ketones (excluding diaryl/α,β-unsaturated/α-hetero) is 1. The molecule has 2 aromatic carbocycles. The van der Waals surface area contributed by atoms with Gasteiger partial charge in [-0.3, -0.25) is 4.79 Å². The first-order valence-electron chi connectivity index (χ1n) is 6.33. The van der Waals surface area contributed by atoms with Crippen molar-refractivity contribution in [3.8, 4) is 0 Å². The third kappa shape index (κ3) is 2.41. The lowest BCUT2D eigenvalue weighted by molar-refractivity contribution is 0.102. The maximum atomic E-state index is 12.5. The van der Waals surface area contributed by atoms with Crippen LogP contribution in [0, 0.1) is 0 Å². The van der Waals surface area contributed by atoms with Crippen LogP contribution < -0.4 is 0 Å². The predicted octanol–water partition coefficient (Wildman–Crippen LogP) is 4.66. The fraction of sp³-hybridized carbons (Fsp3) is 0.118. The van der Waals surface area contributed by atoms with Crippen molar-refractivity contribution in [3.63, 3.8) is 0 Å². The van der Waals surface area contributed by atoms with Crippen LogP contribution in [0.15, 0.2) is 58.6 Å². The molecule has 0 unspecified atom stereocenters. The van der Waals surface area contributed by atoms with Crippen molar-refractivity contribution in [2.75, 3.05) is 0 Å². The van der Waals surface area contributed by atoms with Crippen LogP contribution >= 0.6 is 15.9 Å². The van der Waals surface area contributed by atoms with Gasteiger partial charge in [0.1, 0.15) is 0 Å². The van der Waals surface area contributed by atoms with Crippen LogP contribution in [0.3, 0.4) is 0 Å². The lowest BCUT2D eigenvalue weighted by Gasteiger charge is -2.18. The summed E-state index contributed by atoms with van der Waals surface area (Å²) in [4.78, 5) is 12.5. The number of allylic oxidation sites excluding steroid dienone is 1. The maximum Gasteiger partial charge on any atom is 0.189 e. The molecule has 0 atom stereocenters. The Hall–Kier alpha value is -1.67. The SMILES string of the molecule is O=C1C(=Cc2ccccc2)CCc2c(Br)cccc21. The molecule has 0 aromatic heterocycles. The van der Waals surface area contributed by atoms with E-state index in [2.05, 4.69) is 15.9 Å². The van der Waals surface area contributed by atoms with Gasteiger partial charge in [-0.1, -0.05) is 58.4 Å². The quantitative estimate of drug-likeness (QED) is 0.700. The number of fused-ring (bicyclic) bond motifs is 1. The molecular weight excluding hydrogens is 300 g/mol. The molecule has 0 saturated heterocycles. The molecule has 0 aliphatic heterocycles. The molecule has 3 rings (SSSR count). The zero-order chi connectivity index (χ0) is 13.2. The van der Waals surface area contributed by atoms with E-state index in [0.29, 0.717) is 0 Å². The lowest BCUT2D eigenvalue weighted by atomic mass is 9.86. The molecule has 0 bridgehead atoms. The van der Waals surface area contributed by atoms with E-state index >= 15 is 0 Å². The molecule has 0 spiro atoms. The third-order valence-corrected chi connectivity index (χ3v) is 4.18. The monoisotopic (exact) mass is 312 g/mol. The fourth-order valence-corrected chi connectivity index (χ4v) is 3.02. The molecule has 1 aliphatic rings. The molecule has 1 aliphatic carbocycles. The molecule has 0 heterocycles. The van der Waals surface area contributed by atoms with Gasteiger partial charge in [-0.15, -0.1) is 0 Å². The van der Waals surface area contributed by atoms with Crippen LogP contribution in [0.25, 0.3) is 6.08 Å². The minimum Gasteiger partial charge on any atom is -0.289 e. The van der Waals surface area contributed by atoms with Crippen LogP contribution in [0.2, 0.25) is 0 Å². The molecule has 2 aromatic rings. The summed E-state index contributed by atoms with van der Waals surface area (Å²) in [7, 11) is 0. The Bertz CT molecular complexity index is 656. The van der Waals surface area contributed by atoms with E-state index in [-0.39, 0.29) is 5.78 Å². The highest BCUT2D eigenvalue weighted by atomic mass is 79.9. The highest BCUT2D eigenvalue weighted by Crippen LogP contribution is 2.31. The van der Waals surface area contributed by atoms with Crippen molar-refractivity contribution in [2.24, 2.45) is 0 Å². The standard InChI is InChI=1S/C17H13BrO/c18-16-8-4-7-15-14(16)10-9-13(17(15)19)11-12-5-2-1-3-6-12/h1-8,11H,9-10H2. The summed E-state index contributed by atoms with van der Waals surface area (Å²) >= 11 is 3.52. The molecule has 0 N–H and O–H groups in total. The molecule has 94 valence electrons. The van der Waals surface area contributed by atoms with Crippen molar-refractivity contribution in [2.45, 2.75) is 12.8 Å². The van der Waals surface area contributed by atoms with Crippen LogP contribution in [-0.2, 0) is 6.42 Å². The predicted molar refractivity (Wildman–Crippen MR) is 81.2 cm³/mol. The molecule has 0 radical (unpaired) electrons. The van der Waals surface area contributed by atoms with Gasteiger partial charge < -0.3 is 0 Å².